The molecule has 0 saturated heterocycles. The van der Waals surface area contributed by atoms with E-state index >= 15 is 0 Å². The third-order valence-electron chi connectivity index (χ3n) is 2.44. The normalized spacial score (nSPS) is 14.9. The lowest BCUT2D eigenvalue weighted by molar-refractivity contribution is 0.0514. The summed E-state index contributed by atoms with van der Waals surface area (Å²) in [7, 11) is 0. The Morgan fingerprint density at radius 1 is 1.56 bits per heavy atom. The lowest BCUT2D eigenvalue weighted by Crippen LogP contribution is -2.12. The molecule has 0 N–H and O–H groups in total. The Morgan fingerprint density at radius 3 is 2.81 bits per heavy atom. The molecule has 16 heavy (non-hydrogen) atoms. The molecule has 0 radical (unpaired) electrons. The number of carbonyl (C=O) groups is 1. The minimum Gasteiger partial charge on any atom is -0.462 e. The maximum atomic E-state index is 13.8. The van der Waals surface area contributed by atoms with Crippen LogP contribution in [-0.4, -0.2) is 17.6 Å². The molecule has 2 rings (SSSR count). The van der Waals surface area contributed by atoms with Crippen LogP contribution in [-0.2, 0) is 4.74 Å². The van der Waals surface area contributed by atoms with E-state index in [0.29, 0.717) is 0 Å². The average Bonchev–Trinajstić information content (AvgIpc) is 3.02. The first-order chi connectivity index (χ1) is 7.65. The molecule has 0 unspecified atom stereocenters. The van der Waals surface area contributed by atoms with Crippen LogP contribution in [0.5, 0.6) is 0 Å². The van der Waals surface area contributed by atoms with Gasteiger partial charge in [0.1, 0.15) is 5.56 Å². The number of hydrogen-bond donors (Lipinski definition) is 0. The second kappa shape index (κ2) is 4.15. The molecular weight excluding hydrogens is 216 g/mol. The summed E-state index contributed by atoms with van der Waals surface area (Å²) in [5.74, 6) is -2.79. The summed E-state index contributed by atoms with van der Waals surface area (Å²) in [6, 6.07) is 0. The van der Waals surface area contributed by atoms with Crippen molar-refractivity contribution < 1.29 is 18.3 Å². The molecule has 3 nitrogen and oxygen atoms in total. The van der Waals surface area contributed by atoms with Crippen molar-refractivity contribution >= 4 is 5.97 Å². The zero-order valence-electron chi connectivity index (χ0n) is 8.80. The fraction of sp³-hybridized carbons (Fsp3) is 0.455. The van der Waals surface area contributed by atoms with Gasteiger partial charge in [-0.05, 0) is 19.8 Å². The second-order valence-electron chi connectivity index (χ2n) is 3.68. The van der Waals surface area contributed by atoms with E-state index in [2.05, 4.69) is 9.72 Å². The van der Waals surface area contributed by atoms with Gasteiger partial charge >= 0.3 is 5.97 Å². The molecule has 1 saturated carbocycles. The molecule has 86 valence electrons. The Bertz CT molecular complexity index is 430. The number of pyridine rings is 1. The second-order valence-corrected chi connectivity index (χ2v) is 3.68. The van der Waals surface area contributed by atoms with Crippen LogP contribution in [0.4, 0.5) is 8.78 Å². The minimum atomic E-state index is -0.972. The molecule has 0 bridgehead atoms. The van der Waals surface area contributed by atoms with E-state index in [-0.39, 0.29) is 18.2 Å². The first-order valence-electron chi connectivity index (χ1n) is 5.16. The predicted octanol–water partition coefficient (Wildman–Crippen LogP) is 2.41. The molecule has 0 amide bonds. The summed E-state index contributed by atoms with van der Waals surface area (Å²) < 4.78 is 31.7. The maximum absolute atomic E-state index is 13.8. The molecule has 1 aromatic heterocycles. The van der Waals surface area contributed by atoms with E-state index < -0.39 is 23.2 Å². The third kappa shape index (κ3) is 1.89. The molecule has 0 aromatic carbocycles. The van der Waals surface area contributed by atoms with E-state index in [1.54, 1.807) is 6.92 Å². The molecule has 0 aliphatic heterocycles. The lowest BCUT2D eigenvalue weighted by Gasteiger charge is -2.07. The first kappa shape index (κ1) is 11.0. The molecule has 1 fully saturated rings. The number of aromatic nitrogens is 1. The molecule has 5 heteroatoms. The zero-order valence-corrected chi connectivity index (χ0v) is 8.80. The van der Waals surface area contributed by atoms with Crippen molar-refractivity contribution in [3.8, 4) is 0 Å². The summed E-state index contributed by atoms with van der Waals surface area (Å²) in [4.78, 5) is 15.0. The summed E-state index contributed by atoms with van der Waals surface area (Å²) in [6.07, 6.45) is 2.54. The molecular formula is C11H11F2NO2. The van der Waals surface area contributed by atoms with Gasteiger partial charge in [-0.15, -0.1) is 0 Å². The van der Waals surface area contributed by atoms with Gasteiger partial charge in [-0.2, -0.15) is 0 Å². The number of esters is 1. The van der Waals surface area contributed by atoms with Crippen LogP contribution >= 0.6 is 0 Å². The quantitative estimate of drug-likeness (QED) is 0.744. The molecule has 1 aliphatic carbocycles. The van der Waals surface area contributed by atoms with Crippen molar-refractivity contribution in [3.05, 3.63) is 29.1 Å². The third-order valence-corrected chi connectivity index (χ3v) is 2.44. The Hall–Kier alpha value is -1.52. The Labute approximate surface area is 91.4 Å². The summed E-state index contributed by atoms with van der Waals surface area (Å²) in [5.41, 5.74) is -0.455. The fourth-order valence-electron chi connectivity index (χ4n) is 1.51. The van der Waals surface area contributed by atoms with Crippen molar-refractivity contribution in [1.29, 1.82) is 0 Å². The standard InChI is InChI=1S/C11H11F2NO2/c1-2-16-11(15)8-7(12)5-14-10(9(8)13)6-3-4-6/h5-6H,2-4H2,1H3. The van der Waals surface area contributed by atoms with Gasteiger partial charge in [0.25, 0.3) is 0 Å². The first-order valence-corrected chi connectivity index (χ1v) is 5.16. The van der Waals surface area contributed by atoms with Crippen molar-refractivity contribution in [1.82, 2.24) is 4.98 Å². The van der Waals surface area contributed by atoms with Gasteiger partial charge < -0.3 is 4.74 Å². The Morgan fingerprint density at radius 2 is 2.25 bits per heavy atom. The van der Waals surface area contributed by atoms with Crippen LogP contribution in [0.25, 0.3) is 0 Å². The summed E-state index contributed by atoms with van der Waals surface area (Å²) in [6.45, 7) is 1.66. The highest BCUT2D eigenvalue weighted by Crippen LogP contribution is 2.40. The van der Waals surface area contributed by atoms with E-state index in [0.717, 1.165) is 19.0 Å². The van der Waals surface area contributed by atoms with Crippen LogP contribution in [0.15, 0.2) is 6.20 Å². The van der Waals surface area contributed by atoms with Crippen LogP contribution in [0.3, 0.4) is 0 Å². The molecule has 0 atom stereocenters. The number of hydrogen-bond acceptors (Lipinski definition) is 3. The Balaban J connectivity index is 2.41. The van der Waals surface area contributed by atoms with E-state index in [9.17, 15) is 13.6 Å². The Kier molecular flexibility index (Phi) is 2.85. The van der Waals surface area contributed by atoms with Gasteiger partial charge in [0, 0.05) is 5.92 Å². The van der Waals surface area contributed by atoms with Crippen molar-refractivity contribution in [2.24, 2.45) is 0 Å². The highest BCUT2D eigenvalue weighted by molar-refractivity contribution is 5.90. The van der Waals surface area contributed by atoms with Crippen molar-refractivity contribution in [2.75, 3.05) is 6.61 Å². The minimum absolute atomic E-state index is 0.0220. The van der Waals surface area contributed by atoms with Crippen molar-refractivity contribution in [3.63, 3.8) is 0 Å². The largest absolute Gasteiger partial charge is 0.462 e. The summed E-state index contributed by atoms with van der Waals surface area (Å²) in [5, 5.41) is 0. The van der Waals surface area contributed by atoms with Crippen molar-refractivity contribution in [2.45, 2.75) is 25.7 Å². The van der Waals surface area contributed by atoms with E-state index in [1.807, 2.05) is 0 Å². The summed E-state index contributed by atoms with van der Waals surface area (Å²) >= 11 is 0. The molecule has 1 heterocycles. The number of nitrogens with zero attached hydrogens (tertiary/aromatic N) is 1. The number of carbonyl (C=O) groups excluding carboxylic acids is 1. The molecule has 0 spiro atoms. The zero-order chi connectivity index (χ0) is 11.7. The topological polar surface area (TPSA) is 39.2 Å². The van der Waals surface area contributed by atoms with Gasteiger partial charge in [-0.3, -0.25) is 4.98 Å². The van der Waals surface area contributed by atoms with Crippen LogP contribution in [0.1, 0.15) is 41.7 Å². The maximum Gasteiger partial charge on any atom is 0.344 e. The van der Waals surface area contributed by atoms with Crippen LogP contribution in [0, 0.1) is 11.6 Å². The van der Waals surface area contributed by atoms with E-state index in [1.165, 1.54) is 0 Å². The number of rotatable bonds is 3. The van der Waals surface area contributed by atoms with Crippen LogP contribution < -0.4 is 0 Å². The highest BCUT2D eigenvalue weighted by atomic mass is 19.1. The smallest absolute Gasteiger partial charge is 0.344 e. The van der Waals surface area contributed by atoms with Gasteiger partial charge in [0.15, 0.2) is 11.6 Å². The molecule has 1 aromatic rings. The lowest BCUT2D eigenvalue weighted by atomic mass is 10.1. The SMILES string of the molecule is CCOC(=O)c1c(F)cnc(C2CC2)c1F. The monoisotopic (exact) mass is 227 g/mol. The predicted molar refractivity (Wildman–Crippen MR) is 52.1 cm³/mol. The van der Waals surface area contributed by atoms with Crippen LogP contribution in [0.2, 0.25) is 0 Å². The van der Waals surface area contributed by atoms with Gasteiger partial charge in [-0.25, -0.2) is 13.6 Å². The van der Waals surface area contributed by atoms with E-state index in [4.69, 9.17) is 0 Å². The highest BCUT2D eigenvalue weighted by Gasteiger charge is 2.32. The molecule has 1 aliphatic rings. The average molecular weight is 227 g/mol. The van der Waals surface area contributed by atoms with Gasteiger partial charge in [-0.1, -0.05) is 0 Å². The van der Waals surface area contributed by atoms with Gasteiger partial charge in [0.2, 0.25) is 0 Å². The van der Waals surface area contributed by atoms with Gasteiger partial charge in [0.05, 0.1) is 18.5 Å². The number of ether oxygens (including phenoxy) is 1. The number of halogens is 2. The fourth-order valence-corrected chi connectivity index (χ4v) is 1.51.